The Labute approximate surface area is 104 Å². The van der Waals surface area contributed by atoms with E-state index in [-0.39, 0.29) is 5.92 Å². The smallest absolute Gasteiger partial charge is 0.276 e. The number of ether oxygens (including phenoxy) is 2. The standard InChI is InChI=1S/C12H13N3O3/c1-16-9-2-4-13-10(6-9)12-14-11(15-18-12)8-3-5-17-7-8/h2,4,6,8H,3,5,7H2,1H3/t8-/m1/s1. The van der Waals surface area contributed by atoms with Gasteiger partial charge in [-0.3, -0.25) is 4.98 Å². The average molecular weight is 247 g/mol. The van der Waals surface area contributed by atoms with Gasteiger partial charge in [0.2, 0.25) is 0 Å². The third kappa shape index (κ3) is 2.06. The van der Waals surface area contributed by atoms with Crippen molar-refractivity contribution >= 4 is 0 Å². The van der Waals surface area contributed by atoms with Crippen molar-refractivity contribution in [2.45, 2.75) is 12.3 Å². The highest BCUT2D eigenvalue weighted by Crippen LogP contribution is 2.25. The summed E-state index contributed by atoms with van der Waals surface area (Å²) >= 11 is 0. The predicted molar refractivity (Wildman–Crippen MR) is 62.3 cm³/mol. The lowest BCUT2D eigenvalue weighted by atomic mass is 10.1. The minimum Gasteiger partial charge on any atom is -0.497 e. The van der Waals surface area contributed by atoms with E-state index in [1.165, 1.54) is 0 Å². The van der Waals surface area contributed by atoms with Crippen LogP contribution in [0.15, 0.2) is 22.9 Å². The van der Waals surface area contributed by atoms with Crippen molar-refractivity contribution in [3.05, 3.63) is 24.2 Å². The van der Waals surface area contributed by atoms with Gasteiger partial charge in [0.15, 0.2) is 5.82 Å². The summed E-state index contributed by atoms with van der Waals surface area (Å²) in [6.07, 6.45) is 2.58. The summed E-state index contributed by atoms with van der Waals surface area (Å²) in [7, 11) is 1.61. The molecule has 1 saturated heterocycles. The maximum absolute atomic E-state index is 5.31. The van der Waals surface area contributed by atoms with Crippen LogP contribution in [-0.2, 0) is 4.74 Å². The van der Waals surface area contributed by atoms with Crippen molar-refractivity contribution in [3.8, 4) is 17.3 Å². The van der Waals surface area contributed by atoms with Gasteiger partial charge in [-0.1, -0.05) is 5.16 Å². The fourth-order valence-electron chi connectivity index (χ4n) is 1.90. The fourth-order valence-corrected chi connectivity index (χ4v) is 1.90. The molecule has 94 valence electrons. The lowest BCUT2D eigenvalue weighted by Gasteiger charge is -1.99. The molecule has 1 fully saturated rings. The molecule has 0 radical (unpaired) electrons. The Balaban J connectivity index is 1.87. The second kappa shape index (κ2) is 4.73. The van der Waals surface area contributed by atoms with E-state index >= 15 is 0 Å². The van der Waals surface area contributed by atoms with Gasteiger partial charge in [0.05, 0.1) is 13.7 Å². The van der Waals surface area contributed by atoms with Crippen molar-refractivity contribution in [1.29, 1.82) is 0 Å². The number of pyridine rings is 1. The SMILES string of the molecule is COc1ccnc(-c2nc([C@@H]3CCOC3)no2)c1. The van der Waals surface area contributed by atoms with Gasteiger partial charge in [-0.2, -0.15) is 4.98 Å². The molecule has 0 bridgehead atoms. The molecule has 3 heterocycles. The Morgan fingerprint density at radius 2 is 2.39 bits per heavy atom. The Kier molecular flexibility index (Phi) is 2.93. The molecule has 1 aliphatic rings. The van der Waals surface area contributed by atoms with Crippen LogP contribution in [0.25, 0.3) is 11.6 Å². The van der Waals surface area contributed by atoms with E-state index in [1.807, 2.05) is 0 Å². The number of methoxy groups -OCH3 is 1. The van der Waals surface area contributed by atoms with Crippen molar-refractivity contribution in [1.82, 2.24) is 15.1 Å². The highest BCUT2D eigenvalue weighted by molar-refractivity contribution is 5.49. The maximum atomic E-state index is 5.31. The number of nitrogens with zero attached hydrogens (tertiary/aromatic N) is 3. The predicted octanol–water partition coefficient (Wildman–Crippen LogP) is 1.64. The average Bonchev–Trinajstić information content (AvgIpc) is 3.09. The first-order valence-corrected chi connectivity index (χ1v) is 5.78. The molecular formula is C12H13N3O3. The van der Waals surface area contributed by atoms with Gasteiger partial charge in [0, 0.05) is 24.8 Å². The van der Waals surface area contributed by atoms with E-state index in [0.717, 1.165) is 13.0 Å². The molecule has 0 aromatic carbocycles. The lowest BCUT2D eigenvalue weighted by molar-refractivity contribution is 0.192. The molecule has 0 saturated carbocycles. The molecule has 6 nitrogen and oxygen atoms in total. The monoisotopic (exact) mass is 247 g/mol. The molecule has 1 atom stereocenters. The number of hydrogen-bond acceptors (Lipinski definition) is 6. The van der Waals surface area contributed by atoms with Gasteiger partial charge in [-0.25, -0.2) is 0 Å². The topological polar surface area (TPSA) is 70.3 Å². The van der Waals surface area contributed by atoms with Gasteiger partial charge in [-0.15, -0.1) is 0 Å². The largest absolute Gasteiger partial charge is 0.497 e. The molecule has 6 heteroatoms. The van der Waals surface area contributed by atoms with Crippen LogP contribution >= 0.6 is 0 Å². The molecule has 0 unspecified atom stereocenters. The Morgan fingerprint density at radius 1 is 1.44 bits per heavy atom. The van der Waals surface area contributed by atoms with E-state index in [4.69, 9.17) is 14.0 Å². The third-order valence-corrected chi connectivity index (χ3v) is 2.92. The molecule has 0 amide bonds. The molecule has 0 N–H and O–H groups in total. The summed E-state index contributed by atoms with van der Waals surface area (Å²) in [5, 5.41) is 3.98. The molecule has 1 aliphatic heterocycles. The zero-order valence-corrected chi connectivity index (χ0v) is 10.00. The first kappa shape index (κ1) is 11.2. The number of rotatable bonds is 3. The van der Waals surface area contributed by atoms with Gasteiger partial charge in [-0.05, 0) is 12.5 Å². The minimum atomic E-state index is 0.230. The van der Waals surface area contributed by atoms with Crippen LogP contribution in [-0.4, -0.2) is 35.4 Å². The summed E-state index contributed by atoms with van der Waals surface area (Å²) in [5.41, 5.74) is 0.618. The van der Waals surface area contributed by atoms with Gasteiger partial charge in [0.25, 0.3) is 5.89 Å². The maximum Gasteiger partial charge on any atom is 0.276 e. The van der Waals surface area contributed by atoms with Crippen LogP contribution in [0.5, 0.6) is 5.75 Å². The second-order valence-electron chi connectivity index (χ2n) is 4.10. The van der Waals surface area contributed by atoms with Gasteiger partial charge >= 0.3 is 0 Å². The highest BCUT2D eigenvalue weighted by Gasteiger charge is 2.23. The van der Waals surface area contributed by atoms with E-state index < -0.39 is 0 Å². The third-order valence-electron chi connectivity index (χ3n) is 2.92. The van der Waals surface area contributed by atoms with E-state index in [1.54, 1.807) is 25.4 Å². The van der Waals surface area contributed by atoms with Crippen LogP contribution in [0, 0.1) is 0 Å². The summed E-state index contributed by atoms with van der Waals surface area (Å²) < 4.78 is 15.7. The Bertz CT molecular complexity index is 535. The fraction of sp³-hybridized carbons (Fsp3) is 0.417. The molecule has 2 aromatic heterocycles. The van der Waals surface area contributed by atoms with Gasteiger partial charge in [0.1, 0.15) is 11.4 Å². The summed E-state index contributed by atoms with van der Waals surface area (Å²) in [6, 6.07) is 3.54. The Hall–Kier alpha value is -1.95. The number of aromatic nitrogens is 3. The first-order chi connectivity index (χ1) is 8.86. The van der Waals surface area contributed by atoms with E-state index in [2.05, 4.69) is 15.1 Å². The lowest BCUT2D eigenvalue weighted by Crippen LogP contribution is -1.99. The molecule has 2 aromatic rings. The van der Waals surface area contributed by atoms with Crippen LogP contribution in [0.4, 0.5) is 0 Å². The quantitative estimate of drug-likeness (QED) is 0.821. The van der Waals surface area contributed by atoms with Crippen molar-refractivity contribution in [3.63, 3.8) is 0 Å². The summed E-state index contributed by atoms with van der Waals surface area (Å²) in [5.74, 6) is 2.04. The second-order valence-corrected chi connectivity index (χ2v) is 4.10. The van der Waals surface area contributed by atoms with Crippen LogP contribution < -0.4 is 4.74 Å². The first-order valence-electron chi connectivity index (χ1n) is 5.78. The zero-order chi connectivity index (χ0) is 12.4. The normalized spacial score (nSPS) is 19.1. The van der Waals surface area contributed by atoms with Crippen molar-refractivity contribution in [2.75, 3.05) is 20.3 Å². The van der Waals surface area contributed by atoms with Crippen LogP contribution in [0.1, 0.15) is 18.2 Å². The van der Waals surface area contributed by atoms with E-state index in [0.29, 0.717) is 29.8 Å². The molecule has 0 spiro atoms. The zero-order valence-electron chi connectivity index (χ0n) is 10.00. The Morgan fingerprint density at radius 3 is 3.17 bits per heavy atom. The van der Waals surface area contributed by atoms with Crippen molar-refractivity contribution in [2.24, 2.45) is 0 Å². The summed E-state index contributed by atoms with van der Waals surface area (Å²) in [6.45, 7) is 1.41. The molecule has 18 heavy (non-hydrogen) atoms. The minimum absolute atomic E-state index is 0.230. The molecule has 3 rings (SSSR count). The van der Waals surface area contributed by atoms with E-state index in [9.17, 15) is 0 Å². The van der Waals surface area contributed by atoms with Crippen LogP contribution in [0.3, 0.4) is 0 Å². The molecule has 0 aliphatic carbocycles. The highest BCUT2D eigenvalue weighted by atomic mass is 16.5. The summed E-state index contributed by atoms with van der Waals surface area (Å²) in [4.78, 5) is 8.55. The van der Waals surface area contributed by atoms with Gasteiger partial charge < -0.3 is 14.0 Å². The van der Waals surface area contributed by atoms with Crippen LogP contribution in [0.2, 0.25) is 0 Å². The molecular weight excluding hydrogens is 234 g/mol. The van der Waals surface area contributed by atoms with Crippen molar-refractivity contribution < 1.29 is 14.0 Å². The number of hydrogen-bond donors (Lipinski definition) is 0.